The third kappa shape index (κ3) is 6.12. The van der Waals surface area contributed by atoms with E-state index in [1.807, 2.05) is 12.3 Å². The molecule has 4 nitrogen and oxygen atoms in total. The molecular weight excluding hydrogens is 384 g/mol. The summed E-state index contributed by atoms with van der Waals surface area (Å²) < 4.78 is 5.77. The van der Waals surface area contributed by atoms with Gasteiger partial charge in [-0.25, -0.2) is 0 Å². The van der Waals surface area contributed by atoms with Gasteiger partial charge in [-0.05, 0) is 87.9 Å². The molecule has 1 N–H and O–H groups in total. The molecule has 4 heteroatoms. The average molecular weight is 425 g/mol. The molecule has 1 aromatic heterocycles. The van der Waals surface area contributed by atoms with Crippen LogP contribution in [-0.2, 0) is 4.79 Å². The Hall–Kier alpha value is -1.81. The second kappa shape index (κ2) is 9.77. The molecule has 0 spiro atoms. The van der Waals surface area contributed by atoms with Crippen LogP contribution in [0.25, 0.3) is 11.0 Å². The minimum atomic E-state index is 0.0689. The summed E-state index contributed by atoms with van der Waals surface area (Å²) in [6.45, 7) is 10.0. The lowest BCUT2D eigenvalue weighted by Crippen LogP contribution is -2.39. The predicted octanol–water partition coefficient (Wildman–Crippen LogP) is 6.11. The van der Waals surface area contributed by atoms with Gasteiger partial charge in [-0.15, -0.1) is 0 Å². The van der Waals surface area contributed by atoms with Crippen molar-refractivity contribution in [2.24, 2.45) is 11.3 Å². The van der Waals surface area contributed by atoms with Crippen LogP contribution in [0.5, 0.6) is 0 Å². The van der Waals surface area contributed by atoms with E-state index >= 15 is 0 Å². The van der Waals surface area contributed by atoms with E-state index in [2.05, 4.69) is 49.2 Å². The van der Waals surface area contributed by atoms with Crippen LogP contribution in [0.4, 0.5) is 0 Å². The summed E-state index contributed by atoms with van der Waals surface area (Å²) in [5.41, 5.74) is 2.49. The fourth-order valence-electron chi connectivity index (χ4n) is 5.50. The number of nitrogens with zero attached hydrogens (tertiary/aromatic N) is 1. The fraction of sp³-hybridized carbons (Fsp3) is 0.667. The Bertz CT molecular complexity index is 849. The summed E-state index contributed by atoms with van der Waals surface area (Å²) in [4.78, 5) is 14.9. The Labute approximate surface area is 187 Å². The number of para-hydroxylation sites is 1. The van der Waals surface area contributed by atoms with Crippen molar-refractivity contribution < 1.29 is 9.21 Å². The highest BCUT2D eigenvalue weighted by molar-refractivity contribution is 5.81. The van der Waals surface area contributed by atoms with Crippen molar-refractivity contribution in [1.29, 1.82) is 0 Å². The SMILES string of the molecule is CC(C)(C)CC(=O)NC1CCC(CCN2CCC(c3coc4ccccc34)CC2)CC1. The highest BCUT2D eigenvalue weighted by Gasteiger charge is 2.26. The van der Waals surface area contributed by atoms with Gasteiger partial charge in [0.25, 0.3) is 0 Å². The summed E-state index contributed by atoms with van der Waals surface area (Å²) >= 11 is 0. The van der Waals surface area contributed by atoms with Crippen LogP contribution < -0.4 is 5.32 Å². The Balaban J connectivity index is 1.15. The zero-order valence-electron chi connectivity index (χ0n) is 19.7. The first kappa shape index (κ1) is 22.4. The number of nitrogens with one attached hydrogen (secondary N) is 1. The van der Waals surface area contributed by atoms with E-state index < -0.39 is 0 Å². The maximum atomic E-state index is 12.2. The lowest BCUT2D eigenvalue weighted by molar-refractivity contribution is -0.123. The zero-order valence-corrected chi connectivity index (χ0v) is 19.7. The number of hydrogen-bond acceptors (Lipinski definition) is 3. The molecule has 1 aliphatic carbocycles. The van der Waals surface area contributed by atoms with Crippen molar-refractivity contribution >= 4 is 16.9 Å². The quantitative estimate of drug-likeness (QED) is 0.608. The molecule has 2 heterocycles. The number of furan rings is 1. The summed E-state index contributed by atoms with van der Waals surface area (Å²) in [6.07, 6.45) is 11.2. The molecule has 1 aliphatic heterocycles. The number of carbonyl (C=O) groups excluding carboxylic acids is 1. The molecule has 1 aromatic carbocycles. The van der Waals surface area contributed by atoms with Crippen molar-refractivity contribution in [3.63, 3.8) is 0 Å². The molecule has 4 rings (SSSR count). The van der Waals surface area contributed by atoms with Crippen molar-refractivity contribution in [2.45, 2.75) is 84.1 Å². The van der Waals surface area contributed by atoms with Crippen LogP contribution in [0.2, 0.25) is 0 Å². The zero-order chi connectivity index (χ0) is 21.8. The molecule has 170 valence electrons. The Kier molecular flexibility index (Phi) is 7.05. The molecule has 2 fully saturated rings. The molecule has 1 saturated carbocycles. The van der Waals surface area contributed by atoms with Gasteiger partial charge < -0.3 is 14.6 Å². The van der Waals surface area contributed by atoms with Crippen molar-refractivity contribution in [1.82, 2.24) is 10.2 Å². The van der Waals surface area contributed by atoms with Crippen LogP contribution in [0.3, 0.4) is 0 Å². The highest BCUT2D eigenvalue weighted by atomic mass is 16.3. The van der Waals surface area contributed by atoms with E-state index in [-0.39, 0.29) is 11.3 Å². The monoisotopic (exact) mass is 424 g/mol. The molecule has 2 aromatic rings. The second-order valence-electron chi connectivity index (χ2n) is 11.1. The van der Waals surface area contributed by atoms with Gasteiger partial charge in [-0.1, -0.05) is 39.0 Å². The second-order valence-corrected chi connectivity index (χ2v) is 11.1. The van der Waals surface area contributed by atoms with Gasteiger partial charge in [0.15, 0.2) is 0 Å². The number of piperidine rings is 1. The van der Waals surface area contributed by atoms with Crippen LogP contribution in [0, 0.1) is 11.3 Å². The van der Waals surface area contributed by atoms with Gasteiger partial charge >= 0.3 is 0 Å². The molecule has 0 bridgehead atoms. The number of hydrogen-bond donors (Lipinski definition) is 1. The number of rotatable bonds is 6. The van der Waals surface area contributed by atoms with E-state index in [4.69, 9.17) is 4.42 Å². The lowest BCUT2D eigenvalue weighted by Gasteiger charge is -2.34. The van der Waals surface area contributed by atoms with Crippen LogP contribution in [-0.4, -0.2) is 36.5 Å². The smallest absolute Gasteiger partial charge is 0.220 e. The molecule has 1 amide bonds. The number of amides is 1. The normalized spacial score (nSPS) is 23.8. The molecule has 1 saturated heterocycles. The van der Waals surface area contributed by atoms with E-state index in [0.717, 1.165) is 24.3 Å². The molecule has 31 heavy (non-hydrogen) atoms. The number of likely N-dealkylation sites (tertiary alicyclic amines) is 1. The topological polar surface area (TPSA) is 45.5 Å². The predicted molar refractivity (Wildman–Crippen MR) is 127 cm³/mol. The van der Waals surface area contributed by atoms with Crippen molar-refractivity contribution in [3.05, 3.63) is 36.1 Å². The molecule has 0 unspecified atom stereocenters. The van der Waals surface area contributed by atoms with E-state index in [1.165, 1.54) is 62.7 Å². The molecule has 0 atom stereocenters. The number of carbonyl (C=O) groups is 1. The molecule has 0 radical (unpaired) electrons. The number of benzene rings is 1. The maximum absolute atomic E-state index is 12.2. The van der Waals surface area contributed by atoms with Gasteiger partial charge in [0.05, 0.1) is 6.26 Å². The van der Waals surface area contributed by atoms with Crippen molar-refractivity contribution in [3.8, 4) is 0 Å². The van der Waals surface area contributed by atoms with Gasteiger partial charge in [-0.3, -0.25) is 4.79 Å². The summed E-state index contributed by atoms with van der Waals surface area (Å²) in [5, 5.41) is 4.57. The van der Waals surface area contributed by atoms with E-state index in [1.54, 1.807) is 0 Å². The Morgan fingerprint density at radius 1 is 1.06 bits per heavy atom. The lowest BCUT2D eigenvalue weighted by atomic mass is 9.83. The largest absolute Gasteiger partial charge is 0.464 e. The Morgan fingerprint density at radius 2 is 1.77 bits per heavy atom. The van der Waals surface area contributed by atoms with Gasteiger partial charge in [-0.2, -0.15) is 0 Å². The van der Waals surface area contributed by atoms with Gasteiger partial charge in [0.1, 0.15) is 5.58 Å². The van der Waals surface area contributed by atoms with Crippen molar-refractivity contribution in [2.75, 3.05) is 19.6 Å². The third-order valence-electron chi connectivity index (χ3n) is 7.29. The fourth-order valence-corrected chi connectivity index (χ4v) is 5.50. The summed E-state index contributed by atoms with van der Waals surface area (Å²) in [5.74, 6) is 1.68. The highest BCUT2D eigenvalue weighted by Crippen LogP contribution is 2.35. The summed E-state index contributed by atoms with van der Waals surface area (Å²) in [7, 11) is 0. The van der Waals surface area contributed by atoms with Crippen LogP contribution >= 0.6 is 0 Å². The molecule has 2 aliphatic rings. The van der Waals surface area contributed by atoms with Crippen LogP contribution in [0.1, 0.15) is 83.6 Å². The first-order valence-corrected chi connectivity index (χ1v) is 12.4. The minimum Gasteiger partial charge on any atom is -0.464 e. The first-order valence-electron chi connectivity index (χ1n) is 12.4. The standard InChI is InChI=1S/C27H40N2O2/c1-27(2,3)18-26(30)28-22-10-8-20(9-11-22)12-15-29-16-13-21(14-17-29)24-19-31-25-7-5-4-6-23(24)25/h4-7,19-22H,8-18H2,1-3H3,(H,28,30). The summed E-state index contributed by atoms with van der Waals surface area (Å²) in [6, 6.07) is 8.82. The Morgan fingerprint density at radius 3 is 2.48 bits per heavy atom. The van der Waals surface area contributed by atoms with Gasteiger partial charge in [0, 0.05) is 23.4 Å². The maximum Gasteiger partial charge on any atom is 0.220 e. The average Bonchev–Trinajstić information content (AvgIpc) is 3.16. The van der Waals surface area contributed by atoms with Gasteiger partial charge in [0.2, 0.25) is 5.91 Å². The molecular formula is C27H40N2O2. The minimum absolute atomic E-state index is 0.0689. The van der Waals surface area contributed by atoms with E-state index in [9.17, 15) is 4.79 Å². The first-order chi connectivity index (χ1) is 14.9. The van der Waals surface area contributed by atoms with Crippen LogP contribution in [0.15, 0.2) is 34.9 Å². The number of fused-ring (bicyclic) bond motifs is 1. The van der Waals surface area contributed by atoms with E-state index in [0.29, 0.717) is 18.4 Å². The third-order valence-corrected chi connectivity index (χ3v) is 7.29.